The zero-order valence-corrected chi connectivity index (χ0v) is 12.6. The first-order valence-corrected chi connectivity index (χ1v) is 7.44. The molecule has 2 heteroatoms. The monoisotopic (exact) mass is 267 g/mol. The number of rotatable bonds is 8. The van der Waals surface area contributed by atoms with Crippen molar-refractivity contribution in [3.8, 4) is 0 Å². The number of benzene rings is 1. The molecule has 0 spiro atoms. The van der Waals surface area contributed by atoms with Crippen LogP contribution in [0.25, 0.3) is 0 Å². The molecule has 18 heavy (non-hydrogen) atoms. The van der Waals surface area contributed by atoms with E-state index in [0.717, 1.165) is 36.4 Å². The summed E-state index contributed by atoms with van der Waals surface area (Å²) in [6, 6.07) is 8.27. The van der Waals surface area contributed by atoms with Crippen LogP contribution >= 0.6 is 11.6 Å². The Balaban J connectivity index is 2.43. The Bertz CT molecular complexity index is 318. The molecule has 0 aromatic heterocycles. The molecule has 0 heterocycles. The molecule has 1 unspecified atom stereocenters. The molecule has 0 aliphatic carbocycles. The molecule has 1 aromatic rings. The minimum atomic E-state index is 0.725. The summed E-state index contributed by atoms with van der Waals surface area (Å²) < 4.78 is 0. The standard InChI is InChI=1S/C16H26ClN/c1-4-5-15(12-18-11-13(2)3)10-14-6-8-16(17)9-7-14/h6-9,13,15,18H,4-5,10-12H2,1-3H3. The third-order valence-electron chi connectivity index (χ3n) is 3.12. The molecule has 0 bridgehead atoms. The van der Waals surface area contributed by atoms with E-state index in [0.29, 0.717) is 0 Å². The molecular formula is C16H26ClN. The zero-order chi connectivity index (χ0) is 13.4. The topological polar surface area (TPSA) is 12.0 Å². The summed E-state index contributed by atoms with van der Waals surface area (Å²) in [5, 5.41) is 4.40. The van der Waals surface area contributed by atoms with Crippen LogP contribution in [-0.4, -0.2) is 13.1 Å². The normalized spacial score (nSPS) is 12.9. The van der Waals surface area contributed by atoms with Gasteiger partial charge in [-0.1, -0.05) is 50.9 Å². The summed E-state index contributed by atoms with van der Waals surface area (Å²) in [6.45, 7) is 8.99. The van der Waals surface area contributed by atoms with E-state index in [1.165, 1.54) is 18.4 Å². The maximum absolute atomic E-state index is 5.92. The molecule has 1 atom stereocenters. The lowest BCUT2D eigenvalue weighted by Crippen LogP contribution is -2.27. The first-order valence-electron chi connectivity index (χ1n) is 7.07. The second-order valence-electron chi connectivity index (χ2n) is 5.54. The Kier molecular flexibility index (Phi) is 7.38. The highest BCUT2D eigenvalue weighted by molar-refractivity contribution is 6.30. The highest BCUT2D eigenvalue weighted by Gasteiger charge is 2.09. The molecule has 0 saturated carbocycles. The molecule has 0 aliphatic rings. The third-order valence-corrected chi connectivity index (χ3v) is 3.37. The van der Waals surface area contributed by atoms with Crippen LogP contribution in [0.15, 0.2) is 24.3 Å². The van der Waals surface area contributed by atoms with Crippen LogP contribution in [0.4, 0.5) is 0 Å². The highest BCUT2D eigenvalue weighted by Crippen LogP contribution is 2.16. The van der Waals surface area contributed by atoms with Crippen molar-refractivity contribution in [3.05, 3.63) is 34.9 Å². The summed E-state index contributed by atoms with van der Waals surface area (Å²) >= 11 is 5.92. The lowest BCUT2D eigenvalue weighted by molar-refractivity contribution is 0.421. The van der Waals surface area contributed by atoms with E-state index in [9.17, 15) is 0 Å². The van der Waals surface area contributed by atoms with Crippen molar-refractivity contribution in [1.82, 2.24) is 5.32 Å². The molecule has 1 aromatic carbocycles. The molecule has 0 amide bonds. The zero-order valence-electron chi connectivity index (χ0n) is 11.9. The van der Waals surface area contributed by atoms with Gasteiger partial charge in [0, 0.05) is 5.02 Å². The summed E-state index contributed by atoms with van der Waals surface area (Å²) in [6.07, 6.45) is 3.69. The minimum Gasteiger partial charge on any atom is -0.316 e. The molecule has 1 nitrogen and oxygen atoms in total. The van der Waals surface area contributed by atoms with Gasteiger partial charge in [-0.3, -0.25) is 0 Å². The van der Waals surface area contributed by atoms with Crippen LogP contribution in [0.3, 0.4) is 0 Å². The van der Waals surface area contributed by atoms with Gasteiger partial charge in [-0.2, -0.15) is 0 Å². The van der Waals surface area contributed by atoms with Gasteiger partial charge in [0.15, 0.2) is 0 Å². The average molecular weight is 268 g/mol. The second-order valence-corrected chi connectivity index (χ2v) is 5.97. The van der Waals surface area contributed by atoms with Crippen molar-refractivity contribution in [2.45, 2.75) is 40.0 Å². The average Bonchev–Trinajstić information content (AvgIpc) is 2.32. The van der Waals surface area contributed by atoms with Crippen LogP contribution in [-0.2, 0) is 6.42 Å². The molecule has 1 N–H and O–H groups in total. The Morgan fingerprint density at radius 3 is 2.33 bits per heavy atom. The third kappa shape index (κ3) is 6.42. The molecular weight excluding hydrogens is 242 g/mol. The number of hydrogen-bond acceptors (Lipinski definition) is 1. The van der Waals surface area contributed by atoms with Gasteiger partial charge in [0.1, 0.15) is 0 Å². The summed E-state index contributed by atoms with van der Waals surface area (Å²) in [5.41, 5.74) is 1.39. The highest BCUT2D eigenvalue weighted by atomic mass is 35.5. The summed E-state index contributed by atoms with van der Waals surface area (Å²) in [5.74, 6) is 1.46. The van der Waals surface area contributed by atoms with E-state index in [-0.39, 0.29) is 0 Å². The largest absolute Gasteiger partial charge is 0.316 e. The first-order chi connectivity index (χ1) is 8.61. The maximum atomic E-state index is 5.92. The fourth-order valence-electron chi connectivity index (χ4n) is 2.21. The minimum absolute atomic E-state index is 0.725. The first kappa shape index (κ1) is 15.5. The van der Waals surface area contributed by atoms with Crippen LogP contribution < -0.4 is 5.32 Å². The molecule has 0 saturated heterocycles. The van der Waals surface area contributed by atoms with Crippen LogP contribution in [0.1, 0.15) is 39.2 Å². The number of halogens is 1. The van der Waals surface area contributed by atoms with Crippen LogP contribution in [0.5, 0.6) is 0 Å². The van der Waals surface area contributed by atoms with Gasteiger partial charge in [-0.15, -0.1) is 0 Å². The van der Waals surface area contributed by atoms with Gasteiger partial charge in [0.2, 0.25) is 0 Å². The predicted octanol–water partition coefficient (Wildman–Crippen LogP) is 4.54. The Labute approximate surface area is 117 Å². The van der Waals surface area contributed by atoms with Gasteiger partial charge >= 0.3 is 0 Å². The van der Waals surface area contributed by atoms with Crippen molar-refractivity contribution in [2.75, 3.05) is 13.1 Å². The quantitative estimate of drug-likeness (QED) is 0.729. The van der Waals surface area contributed by atoms with E-state index in [1.54, 1.807) is 0 Å². The smallest absolute Gasteiger partial charge is 0.0406 e. The van der Waals surface area contributed by atoms with Gasteiger partial charge in [0.25, 0.3) is 0 Å². The summed E-state index contributed by atoms with van der Waals surface area (Å²) in [4.78, 5) is 0. The van der Waals surface area contributed by atoms with Gasteiger partial charge < -0.3 is 5.32 Å². The summed E-state index contributed by atoms with van der Waals surface area (Å²) in [7, 11) is 0. The van der Waals surface area contributed by atoms with Crippen molar-refractivity contribution < 1.29 is 0 Å². The fraction of sp³-hybridized carbons (Fsp3) is 0.625. The van der Waals surface area contributed by atoms with Crippen molar-refractivity contribution >= 4 is 11.6 Å². The fourth-order valence-corrected chi connectivity index (χ4v) is 2.34. The molecule has 1 rings (SSSR count). The Hall–Kier alpha value is -0.530. The maximum Gasteiger partial charge on any atom is 0.0406 e. The SMILES string of the molecule is CCCC(CNCC(C)C)Cc1ccc(Cl)cc1. The second kappa shape index (κ2) is 8.55. The van der Waals surface area contributed by atoms with E-state index in [4.69, 9.17) is 11.6 Å². The van der Waals surface area contributed by atoms with Gasteiger partial charge in [-0.05, 0) is 55.5 Å². The molecule has 0 radical (unpaired) electrons. The van der Waals surface area contributed by atoms with E-state index in [2.05, 4.69) is 38.2 Å². The predicted molar refractivity (Wildman–Crippen MR) is 81.3 cm³/mol. The van der Waals surface area contributed by atoms with Gasteiger partial charge in [0.05, 0.1) is 0 Å². The molecule has 0 fully saturated rings. The van der Waals surface area contributed by atoms with Gasteiger partial charge in [-0.25, -0.2) is 0 Å². The van der Waals surface area contributed by atoms with E-state index in [1.807, 2.05) is 12.1 Å². The van der Waals surface area contributed by atoms with Crippen molar-refractivity contribution in [3.63, 3.8) is 0 Å². The van der Waals surface area contributed by atoms with Crippen molar-refractivity contribution in [2.24, 2.45) is 11.8 Å². The number of hydrogen-bond donors (Lipinski definition) is 1. The lowest BCUT2D eigenvalue weighted by atomic mass is 9.95. The van der Waals surface area contributed by atoms with Crippen LogP contribution in [0.2, 0.25) is 5.02 Å². The number of nitrogens with one attached hydrogen (secondary N) is 1. The van der Waals surface area contributed by atoms with E-state index >= 15 is 0 Å². The van der Waals surface area contributed by atoms with E-state index < -0.39 is 0 Å². The Morgan fingerprint density at radius 2 is 1.78 bits per heavy atom. The lowest BCUT2D eigenvalue weighted by Gasteiger charge is -2.18. The Morgan fingerprint density at radius 1 is 1.11 bits per heavy atom. The molecule has 102 valence electrons. The van der Waals surface area contributed by atoms with Crippen LogP contribution in [0, 0.1) is 11.8 Å². The van der Waals surface area contributed by atoms with Crippen molar-refractivity contribution in [1.29, 1.82) is 0 Å². The molecule has 0 aliphatic heterocycles.